The third-order valence-electron chi connectivity index (χ3n) is 6.99. The minimum atomic E-state index is -3.84. The lowest BCUT2D eigenvalue weighted by atomic mass is 9.86. The molecule has 0 aromatic rings. The highest BCUT2D eigenvalue weighted by Crippen LogP contribution is 2.57. The Kier molecular flexibility index (Phi) is 12.3. The van der Waals surface area contributed by atoms with Crippen molar-refractivity contribution in [3.8, 4) is 0 Å². The van der Waals surface area contributed by atoms with E-state index in [9.17, 15) is 16.8 Å². The molecule has 250 valence electrons. The number of ether oxygens (including phenoxy) is 2. The Morgan fingerprint density at radius 3 is 1.55 bits per heavy atom. The third kappa shape index (κ3) is 12.1. The summed E-state index contributed by atoms with van der Waals surface area (Å²) < 4.78 is 95.0. The highest BCUT2D eigenvalue weighted by molar-refractivity contribution is 7.93. The largest absolute Gasteiger partial charge is 0.372 e. The number of sulfonamides is 2. The first-order valence-corrected chi connectivity index (χ1v) is 22.0. The molecule has 2 rings (SSSR count). The van der Waals surface area contributed by atoms with Gasteiger partial charge in [0.15, 0.2) is 0 Å². The summed E-state index contributed by atoms with van der Waals surface area (Å²) in [5, 5.41) is 0. The van der Waals surface area contributed by atoms with Crippen molar-refractivity contribution >= 4 is 35.1 Å². The maximum Gasteiger partial charge on any atom is 0.252 e. The van der Waals surface area contributed by atoms with Crippen molar-refractivity contribution in [2.45, 2.75) is 118 Å². The van der Waals surface area contributed by atoms with Gasteiger partial charge in [-0.25, -0.2) is 16.8 Å². The molecule has 2 heterocycles. The van der Waals surface area contributed by atoms with E-state index in [0.717, 1.165) is 12.5 Å². The second-order valence-electron chi connectivity index (χ2n) is 14.1. The first-order chi connectivity index (χ1) is 18.6. The van der Waals surface area contributed by atoms with Gasteiger partial charge in [0.05, 0.1) is 55.2 Å². The Morgan fingerprint density at radius 1 is 0.714 bits per heavy atom. The van der Waals surface area contributed by atoms with Gasteiger partial charge in [-0.1, -0.05) is 34.6 Å². The van der Waals surface area contributed by atoms with Gasteiger partial charge in [0.1, 0.15) is 6.10 Å². The molecule has 0 spiro atoms. The van der Waals surface area contributed by atoms with Crippen LogP contribution in [0.25, 0.3) is 0 Å². The number of nitrogens with zero attached hydrogens (tertiary/aromatic N) is 2. The van der Waals surface area contributed by atoms with Crippen LogP contribution < -0.4 is 0 Å². The van der Waals surface area contributed by atoms with Gasteiger partial charge in [-0.15, -0.1) is 8.30 Å². The topological polar surface area (TPSA) is 148 Å². The summed E-state index contributed by atoms with van der Waals surface area (Å²) in [6, 6.07) is 0. The van der Waals surface area contributed by atoms with E-state index in [1.165, 1.54) is 0 Å². The van der Waals surface area contributed by atoms with Crippen molar-refractivity contribution in [3.05, 3.63) is 0 Å². The van der Waals surface area contributed by atoms with E-state index >= 15 is 0 Å². The Hall–Kier alpha value is 0.120. The minimum Gasteiger partial charge on any atom is -0.372 e. The summed E-state index contributed by atoms with van der Waals surface area (Å²) in [6.07, 6.45) is 0.340. The zero-order valence-electron chi connectivity index (χ0n) is 27.7. The van der Waals surface area contributed by atoms with Crippen LogP contribution in [-0.4, -0.2) is 91.5 Å². The fourth-order valence-electron chi connectivity index (χ4n) is 5.24. The van der Waals surface area contributed by atoms with Crippen LogP contribution >= 0.6 is 15.0 Å². The summed E-state index contributed by atoms with van der Waals surface area (Å²) in [7, 11) is -14.3. The molecule has 12 nitrogen and oxygen atoms in total. The highest BCUT2D eigenvalue weighted by atomic mass is 32.2. The van der Waals surface area contributed by atoms with Crippen LogP contribution in [0.5, 0.6) is 0 Å². The molecule has 0 radical (unpaired) electrons. The smallest absolute Gasteiger partial charge is 0.252 e. The number of rotatable bonds is 11. The van der Waals surface area contributed by atoms with Crippen LogP contribution in [0.1, 0.15) is 75.7 Å². The zero-order valence-corrected chi connectivity index (χ0v) is 31.1. The van der Waals surface area contributed by atoms with Crippen LogP contribution in [0.4, 0.5) is 0 Å². The summed E-state index contributed by atoms with van der Waals surface area (Å²) in [4.78, 5) is 0. The summed E-state index contributed by atoms with van der Waals surface area (Å²) in [5.41, 5.74) is -0.777. The fourth-order valence-corrected chi connectivity index (χ4v) is 13.3. The first kappa shape index (κ1) is 38.3. The number of hydrogen-bond donors (Lipinski definition) is 0. The van der Waals surface area contributed by atoms with Crippen LogP contribution in [-0.2, 0) is 47.6 Å². The molecule has 42 heavy (non-hydrogen) atoms. The Bertz CT molecular complexity index is 1270. The van der Waals surface area contributed by atoms with Gasteiger partial charge >= 0.3 is 0 Å². The zero-order chi connectivity index (χ0) is 32.7. The molecular formula is C26H54N2O10P2S2. The lowest BCUT2D eigenvalue weighted by Crippen LogP contribution is -2.34. The number of hydrogen-bond acceptors (Lipinski definition) is 10. The van der Waals surface area contributed by atoms with Crippen LogP contribution in [0.3, 0.4) is 0 Å². The van der Waals surface area contributed by atoms with Gasteiger partial charge in [-0.05, 0) is 46.5 Å². The van der Waals surface area contributed by atoms with Crippen molar-refractivity contribution < 1.29 is 44.4 Å². The van der Waals surface area contributed by atoms with Gasteiger partial charge in [0.2, 0.25) is 15.0 Å². The molecule has 2 fully saturated rings. The van der Waals surface area contributed by atoms with Crippen molar-refractivity contribution in [1.82, 2.24) is 0 Å². The molecule has 10 unspecified atom stereocenters. The Labute approximate surface area is 254 Å². The van der Waals surface area contributed by atoms with E-state index in [4.69, 9.17) is 27.6 Å². The van der Waals surface area contributed by atoms with Crippen LogP contribution in [0.2, 0.25) is 0 Å². The molecular weight excluding hydrogens is 626 g/mol. The monoisotopic (exact) mass is 680 g/mol. The molecule has 2 saturated heterocycles. The van der Waals surface area contributed by atoms with Crippen molar-refractivity contribution in [2.75, 3.05) is 32.4 Å². The molecule has 0 amide bonds. The van der Waals surface area contributed by atoms with Crippen molar-refractivity contribution in [3.63, 3.8) is 0 Å². The minimum absolute atomic E-state index is 0.0217. The maximum atomic E-state index is 12.4. The molecule has 0 aromatic carbocycles. The van der Waals surface area contributed by atoms with E-state index in [-0.39, 0.29) is 42.2 Å². The predicted octanol–water partition coefficient (Wildman–Crippen LogP) is 6.11. The molecule has 0 bridgehead atoms. The van der Waals surface area contributed by atoms with Gasteiger partial charge < -0.3 is 27.6 Å². The van der Waals surface area contributed by atoms with Crippen LogP contribution in [0, 0.1) is 17.3 Å². The fraction of sp³-hybridized carbons (Fsp3) is 1.00. The lowest BCUT2D eigenvalue weighted by Gasteiger charge is -2.34. The van der Waals surface area contributed by atoms with Crippen molar-refractivity contribution in [2.24, 2.45) is 25.6 Å². The van der Waals surface area contributed by atoms with E-state index in [1.54, 1.807) is 34.1 Å². The lowest BCUT2D eigenvalue weighted by molar-refractivity contribution is -0.0181. The van der Waals surface area contributed by atoms with Crippen molar-refractivity contribution in [1.29, 1.82) is 0 Å². The predicted molar refractivity (Wildman–Crippen MR) is 168 cm³/mol. The molecule has 10 atom stereocenters. The molecule has 2 aliphatic heterocycles. The summed E-state index contributed by atoms with van der Waals surface area (Å²) in [6.45, 7) is 22.6. The second kappa shape index (κ2) is 13.5. The second-order valence-corrected chi connectivity index (χ2v) is 22.4. The van der Waals surface area contributed by atoms with Crippen LogP contribution in [0.15, 0.2) is 8.30 Å². The Balaban J connectivity index is 2.42. The SMILES string of the molecule is CC1OC(CC(C)(C)C)C(OP(C)(=NS(C)(=O)=O)OCC2OC(C)C(C)C2OP(C)(=NS(C)(=O)=O)OC(C)(C)C)C1C. The van der Waals surface area contributed by atoms with Gasteiger partial charge in [0, 0.05) is 25.2 Å². The standard InChI is InChI=1S/C26H54N2O10P2S2/c1-17-19(3)34-21(15-25(5,6)7)23(17)36-39(11,27-41(13,29)30)33-16-22-24(18(2)20(4)35-22)37-40(12,28-42(14,31)32)38-26(8,9)10/h17-24H,15-16H2,1-14H3. The highest BCUT2D eigenvalue weighted by Gasteiger charge is 2.47. The summed E-state index contributed by atoms with van der Waals surface area (Å²) in [5.74, 6) is -0.194. The van der Waals surface area contributed by atoms with E-state index in [2.05, 4.69) is 29.1 Å². The Morgan fingerprint density at radius 2 is 1.12 bits per heavy atom. The molecule has 16 heteroatoms. The quantitative estimate of drug-likeness (QED) is 0.234. The first-order valence-electron chi connectivity index (χ1n) is 14.3. The average Bonchev–Trinajstić information content (AvgIpc) is 3.11. The van der Waals surface area contributed by atoms with Gasteiger partial charge in [0.25, 0.3) is 20.0 Å². The van der Waals surface area contributed by atoms with Gasteiger partial charge in [-0.3, -0.25) is 0 Å². The molecule has 2 aliphatic rings. The molecule has 0 N–H and O–H groups in total. The van der Waals surface area contributed by atoms with E-state index < -0.39 is 59.0 Å². The van der Waals surface area contributed by atoms with Gasteiger partial charge in [-0.2, -0.15) is 0 Å². The molecule has 0 aliphatic carbocycles. The third-order valence-corrected chi connectivity index (χ3v) is 14.5. The van der Waals surface area contributed by atoms with E-state index in [0.29, 0.717) is 6.42 Å². The normalized spacial score (nSPS) is 34.1. The van der Waals surface area contributed by atoms with E-state index in [1.807, 2.05) is 27.7 Å². The average molecular weight is 681 g/mol. The maximum absolute atomic E-state index is 12.4. The summed E-state index contributed by atoms with van der Waals surface area (Å²) >= 11 is 0. The molecule has 0 saturated carbocycles. The molecule has 0 aromatic heterocycles.